The van der Waals surface area contributed by atoms with Crippen LogP contribution in [0, 0.1) is 11.6 Å². The predicted molar refractivity (Wildman–Crippen MR) is 102 cm³/mol. The molecule has 2 aromatic carbocycles. The van der Waals surface area contributed by atoms with E-state index in [1.807, 2.05) is 4.31 Å². The summed E-state index contributed by atoms with van der Waals surface area (Å²) in [5.74, 6) is -2.28. The van der Waals surface area contributed by atoms with E-state index in [1.165, 1.54) is 47.6 Å². The topological polar surface area (TPSA) is 53.4 Å². The van der Waals surface area contributed by atoms with Gasteiger partial charge in [0.05, 0.1) is 17.4 Å². The number of aromatic carboxylic acids is 1. The van der Waals surface area contributed by atoms with Crippen molar-refractivity contribution in [3.05, 3.63) is 65.4 Å². The minimum absolute atomic E-state index is 0.294. The Labute approximate surface area is 162 Å². The minimum Gasteiger partial charge on any atom is -0.478 e. The summed E-state index contributed by atoms with van der Waals surface area (Å²) in [7, 11) is 0. The second-order valence-corrected chi connectivity index (χ2v) is 8.41. The number of aryl methyl sites for hydroxylation is 1. The second kappa shape index (κ2) is 7.28. The van der Waals surface area contributed by atoms with Crippen LogP contribution in [-0.4, -0.2) is 22.6 Å². The SMILES string of the molecule is O=C(O)c1cc2c(cc1F)N(Sc1cnc(-c3ccc(F)cc3)s1)CCC2. The van der Waals surface area contributed by atoms with Gasteiger partial charge < -0.3 is 9.41 Å². The lowest BCUT2D eigenvalue weighted by Gasteiger charge is -2.29. The summed E-state index contributed by atoms with van der Waals surface area (Å²) < 4.78 is 30.1. The molecule has 0 fully saturated rings. The van der Waals surface area contributed by atoms with Gasteiger partial charge in [0.25, 0.3) is 0 Å². The molecule has 8 heteroatoms. The molecule has 0 radical (unpaired) electrons. The first-order chi connectivity index (χ1) is 13.0. The van der Waals surface area contributed by atoms with E-state index in [0.717, 1.165) is 39.7 Å². The second-order valence-electron chi connectivity index (χ2n) is 6.05. The fourth-order valence-electron chi connectivity index (χ4n) is 2.97. The molecule has 0 saturated heterocycles. The van der Waals surface area contributed by atoms with E-state index in [9.17, 15) is 13.6 Å². The number of benzene rings is 2. The van der Waals surface area contributed by atoms with Gasteiger partial charge in [0.2, 0.25) is 0 Å². The van der Waals surface area contributed by atoms with Gasteiger partial charge in [-0.1, -0.05) is 0 Å². The van der Waals surface area contributed by atoms with Crippen LogP contribution in [0.2, 0.25) is 0 Å². The highest BCUT2D eigenvalue weighted by Crippen LogP contribution is 2.40. The van der Waals surface area contributed by atoms with E-state index < -0.39 is 11.8 Å². The third-order valence-corrected chi connectivity index (χ3v) is 6.45. The van der Waals surface area contributed by atoms with E-state index in [0.29, 0.717) is 5.69 Å². The Bertz CT molecular complexity index is 1010. The van der Waals surface area contributed by atoms with Crippen LogP contribution < -0.4 is 4.31 Å². The lowest BCUT2D eigenvalue weighted by Crippen LogP contribution is -2.23. The summed E-state index contributed by atoms with van der Waals surface area (Å²) in [5, 5.41) is 9.89. The van der Waals surface area contributed by atoms with Crippen molar-refractivity contribution < 1.29 is 18.7 Å². The summed E-state index contributed by atoms with van der Waals surface area (Å²) in [5.41, 5.74) is 2.07. The molecule has 0 saturated carbocycles. The maximum Gasteiger partial charge on any atom is 0.338 e. The summed E-state index contributed by atoms with van der Waals surface area (Å²) in [6.07, 6.45) is 3.31. The number of fused-ring (bicyclic) bond motifs is 1. The average molecular weight is 404 g/mol. The number of anilines is 1. The molecule has 0 bridgehead atoms. The van der Waals surface area contributed by atoms with Crippen LogP contribution in [0.15, 0.2) is 46.8 Å². The van der Waals surface area contributed by atoms with Gasteiger partial charge in [0.1, 0.15) is 20.9 Å². The normalized spacial score (nSPS) is 13.5. The van der Waals surface area contributed by atoms with E-state index in [-0.39, 0.29) is 11.4 Å². The molecule has 4 rings (SSSR count). The first-order valence-electron chi connectivity index (χ1n) is 8.24. The molecule has 138 valence electrons. The first-order valence-corrected chi connectivity index (χ1v) is 9.83. The third kappa shape index (κ3) is 3.68. The summed E-state index contributed by atoms with van der Waals surface area (Å²) in [6, 6.07) is 8.88. The van der Waals surface area contributed by atoms with Gasteiger partial charge in [-0.25, -0.2) is 18.6 Å². The fraction of sp³-hybridized carbons (Fsp3) is 0.158. The number of halogens is 2. The van der Waals surface area contributed by atoms with E-state index >= 15 is 0 Å². The number of carboxylic acids is 1. The van der Waals surface area contributed by atoms with Crippen LogP contribution in [0.5, 0.6) is 0 Å². The van der Waals surface area contributed by atoms with Crippen LogP contribution in [0.25, 0.3) is 10.6 Å². The maximum atomic E-state index is 14.1. The smallest absolute Gasteiger partial charge is 0.338 e. The standard InChI is InChI=1S/C19H14F2N2O2S2/c20-13-5-3-11(4-6-13)18-22-10-17(26-18)27-23-7-1-2-12-8-14(19(24)25)15(21)9-16(12)23/h3-6,8-10H,1-2,7H2,(H,24,25). The molecule has 1 aromatic heterocycles. The van der Waals surface area contributed by atoms with Crippen LogP contribution in [0.4, 0.5) is 14.5 Å². The quantitative estimate of drug-likeness (QED) is 0.602. The van der Waals surface area contributed by atoms with Gasteiger partial charge in [-0.3, -0.25) is 0 Å². The van der Waals surface area contributed by atoms with Crippen molar-refractivity contribution in [1.29, 1.82) is 0 Å². The van der Waals surface area contributed by atoms with Crippen molar-refractivity contribution in [2.24, 2.45) is 0 Å². The van der Waals surface area contributed by atoms with E-state index in [4.69, 9.17) is 5.11 Å². The van der Waals surface area contributed by atoms with Crippen molar-refractivity contribution in [1.82, 2.24) is 4.98 Å². The van der Waals surface area contributed by atoms with Crippen LogP contribution in [-0.2, 0) is 6.42 Å². The monoisotopic (exact) mass is 404 g/mol. The fourth-order valence-corrected chi connectivity index (χ4v) is 5.09. The van der Waals surface area contributed by atoms with Crippen LogP contribution >= 0.6 is 23.3 Å². The molecule has 0 amide bonds. The zero-order valence-electron chi connectivity index (χ0n) is 14.0. The number of rotatable bonds is 4. The van der Waals surface area contributed by atoms with Crippen LogP contribution in [0.3, 0.4) is 0 Å². The van der Waals surface area contributed by atoms with Crippen molar-refractivity contribution >= 4 is 34.9 Å². The minimum atomic E-state index is -1.26. The Hall–Kier alpha value is -2.45. The molecule has 1 aliphatic rings. The molecule has 1 N–H and O–H groups in total. The van der Waals surface area contributed by atoms with Crippen LogP contribution in [0.1, 0.15) is 22.3 Å². The first kappa shape index (κ1) is 17.9. The number of hydrogen-bond acceptors (Lipinski definition) is 5. The summed E-state index contributed by atoms with van der Waals surface area (Å²) in [4.78, 5) is 15.5. The Kier molecular flexibility index (Phi) is 4.84. The molecule has 4 nitrogen and oxygen atoms in total. The lowest BCUT2D eigenvalue weighted by atomic mass is 10.0. The molecule has 0 unspecified atom stereocenters. The number of carboxylic acid groups (broad SMARTS) is 1. The Balaban J connectivity index is 1.59. The van der Waals surface area contributed by atoms with Gasteiger partial charge in [-0.15, -0.1) is 11.3 Å². The zero-order valence-corrected chi connectivity index (χ0v) is 15.6. The highest BCUT2D eigenvalue weighted by molar-refractivity contribution is 8.02. The summed E-state index contributed by atoms with van der Waals surface area (Å²) in [6.45, 7) is 0.729. The maximum absolute atomic E-state index is 14.1. The van der Waals surface area contributed by atoms with Crippen molar-refractivity contribution in [2.45, 2.75) is 17.1 Å². The summed E-state index contributed by atoms with van der Waals surface area (Å²) >= 11 is 2.92. The van der Waals surface area contributed by atoms with Gasteiger partial charge in [0, 0.05) is 24.1 Å². The molecule has 27 heavy (non-hydrogen) atoms. The van der Waals surface area contributed by atoms with Crippen molar-refractivity contribution in [3.8, 4) is 10.6 Å². The molecule has 1 aliphatic heterocycles. The van der Waals surface area contributed by atoms with Gasteiger partial charge in [-0.05, 0) is 54.8 Å². The van der Waals surface area contributed by atoms with Gasteiger partial charge in [0.15, 0.2) is 0 Å². The molecule has 0 aliphatic carbocycles. The number of hydrogen-bond donors (Lipinski definition) is 1. The lowest BCUT2D eigenvalue weighted by molar-refractivity contribution is 0.0692. The number of thiazole rings is 1. The molecular formula is C19H14F2N2O2S2. The predicted octanol–water partition coefficient (Wildman–Crippen LogP) is 5.25. The molecule has 0 spiro atoms. The number of nitrogens with zero attached hydrogens (tertiary/aromatic N) is 2. The molecule has 0 atom stereocenters. The average Bonchev–Trinajstić information content (AvgIpc) is 3.11. The third-order valence-electron chi connectivity index (χ3n) is 4.25. The molecule has 3 aromatic rings. The Morgan fingerprint density at radius 2 is 2.00 bits per heavy atom. The zero-order chi connectivity index (χ0) is 19.0. The largest absolute Gasteiger partial charge is 0.478 e. The molecular weight excluding hydrogens is 390 g/mol. The van der Waals surface area contributed by atoms with Gasteiger partial charge in [-0.2, -0.15) is 0 Å². The van der Waals surface area contributed by atoms with Crippen molar-refractivity contribution in [3.63, 3.8) is 0 Å². The number of carbonyl (C=O) groups is 1. The Morgan fingerprint density at radius 3 is 2.74 bits per heavy atom. The Morgan fingerprint density at radius 1 is 1.22 bits per heavy atom. The highest BCUT2D eigenvalue weighted by Gasteiger charge is 2.23. The van der Waals surface area contributed by atoms with E-state index in [1.54, 1.807) is 18.3 Å². The van der Waals surface area contributed by atoms with Crippen molar-refractivity contribution in [2.75, 3.05) is 10.8 Å². The van der Waals surface area contributed by atoms with E-state index in [2.05, 4.69) is 4.98 Å². The van der Waals surface area contributed by atoms with Gasteiger partial charge >= 0.3 is 5.97 Å². The number of aromatic nitrogens is 1. The molecule has 2 heterocycles. The highest BCUT2D eigenvalue weighted by atomic mass is 32.2.